The lowest BCUT2D eigenvalue weighted by Crippen LogP contribution is -2.35. The maximum absolute atomic E-state index is 12.7. The third-order valence-corrected chi connectivity index (χ3v) is 3.81. The van der Waals surface area contributed by atoms with Crippen LogP contribution in [0.1, 0.15) is 46.2 Å². The summed E-state index contributed by atoms with van der Waals surface area (Å²) in [5.74, 6) is -0.836. The third-order valence-electron chi connectivity index (χ3n) is 3.81. The van der Waals surface area contributed by atoms with Gasteiger partial charge in [0.25, 0.3) is 17.4 Å². The lowest BCUT2D eigenvalue weighted by Gasteiger charge is -2.18. The van der Waals surface area contributed by atoms with Gasteiger partial charge in [0.2, 0.25) is 0 Å². The topological polar surface area (TPSA) is 80.2 Å². The Morgan fingerprint density at radius 2 is 1.83 bits per heavy atom. The van der Waals surface area contributed by atoms with Crippen LogP contribution >= 0.6 is 0 Å². The van der Waals surface area contributed by atoms with Crippen molar-refractivity contribution in [2.24, 2.45) is 0 Å². The highest BCUT2D eigenvalue weighted by atomic mass is 16.2. The van der Waals surface area contributed by atoms with Crippen LogP contribution in [0.2, 0.25) is 0 Å². The summed E-state index contributed by atoms with van der Waals surface area (Å²) in [6.07, 6.45) is 1.50. The molecule has 6 nitrogen and oxygen atoms in total. The van der Waals surface area contributed by atoms with E-state index in [0.29, 0.717) is 6.54 Å². The Morgan fingerprint density at radius 3 is 2.42 bits per heavy atom. The number of hydrogen-bond acceptors (Lipinski definition) is 3. The standard InChI is InChI=1S/C18H21N3O3/c1-4-20-16(22)14-10-15(17(23)19-3)18(24)21(11-14)12(2)13-8-6-5-7-9-13/h5-12H,4H2,1-3H3,(H,19,23)(H,20,22)/t12-/m1/s1. The molecule has 1 heterocycles. The molecule has 0 spiro atoms. The molecule has 6 heteroatoms. The van der Waals surface area contributed by atoms with Gasteiger partial charge in [0.1, 0.15) is 5.56 Å². The molecule has 2 N–H and O–H groups in total. The van der Waals surface area contributed by atoms with Crippen molar-refractivity contribution in [2.45, 2.75) is 19.9 Å². The van der Waals surface area contributed by atoms with Gasteiger partial charge < -0.3 is 15.2 Å². The molecule has 2 rings (SSSR count). The van der Waals surface area contributed by atoms with Crippen molar-refractivity contribution in [1.82, 2.24) is 15.2 Å². The van der Waals surface area contributed by atoms with E-state index in [1.165, 1.54) is 23.9 Å². The van der Waals surface area contributed by atoms with Gasteiger partial charge in [-0.2, -0.15) is 0 Å². The fourth-order valence-electron chi connectivity index (χ4n) is 2.47. The number of carbonyl (C=O) groups is 2. The minimum Gasteiger partial charge on any atom is -0.355 e. The fraction of sp³-hybridized carbons (Fsp3) is 0.278. The van der Waals surface area contributed by atoms with Crippen molar-refractivity contribution < 1.29 is 9.59 Å². The first kappa shape index (κ1) is 17.5. The number of aromatic nitrogens is 1. The Kier molecular flexibility index (Phi) is 5.52. The second-order valence-electron chi connectivity index (χ2n) is 5.38. The molecule has 1 atom stereocenters. The van der Waals surface area contributed by atoms with E-state index in [1.54, 1.807) is 6.92 Å². The lowest BCUT2D eigenvalue weighted by atomic mass is 10.1. The average molecular weight is 327 g/mol. The quantitative estimate of drug-likeness (QED) is 0.875. The number of nitrogens with one attached hydrogen (secondary N) is 2. The Labute approximate surface area is 140 Å². The maximum atomic E-state index is 12.7. The van der Waals surface area contributed by atoms with Crippen LogP contribution in [0.4, 0.5) is 0 Å². The smallest absolute Gasteiger partial charge is 0.264 e. The van der Waals surface area contributed by atoms with E-state index in [9.17, 15) is 14.4 Å². The first-order chi connectivity index (χ1) is 11.5. The largest absolute Gasteiger partial charge is 0.355 e. The van der Waals surface area contributed by atoms with Crippen molar-refractivity contribution in [3.05, 3.63) is 69.6 Å². The van der Waals surface area contributed by atoms with Gasteiger partial charge in [-0.3, -0.25) is 14.4 Å². The van der Waals surface area contributed by atoms with Crippen LogP contribution in [-0.4, -0.2) is 30.0 Å². The summed E-state index contributed by atoms with van der Waals surface area (Å²) in [7, 11) is 1.45. The van der Waals surface area contributed by atoms with Gasteiger partial charge in [-0.25, -0.2) is 0 Å². The molecule has 126 valence electrons. The number of nitrogens with zero attached hydrogens (tertiary/aromatic N) is 1. The zero-order valence-corrected chi connectivity index (χ0v) is 14.0. The molecule has 0 saturated heterocycles. The minimum atomic E-state index is -0.514. The molecule has 0 aliphatic heterocycles. The Balaban J connectivity index is 2.61. The van der Waals surface area contributed by atoms with Crippen molar-refractivity contribution in [2.75, 3.05) is 13.6 Å². The molecule has 0 aliphatic rings. The molecule has 0 bridgehead atoms. The van der Waals surface area contributed by atoms with Crippen molar-refractivity contribution in [3.63, 3.8) is 0 Å². The summed E-state index contributed by atoms with van der Waals surface area (Å²) in [5.41, 5.74) is 0.705. The molecule has 0 fully saturated rings. The number of amides is 2. The molecular weight excluding hydrogens is 306 g/mol. The zero-order valence-electron chi connectivity index (χ0n) is 14.0. The van der Waals surface area contributed by atoms with E-state index < -0.39 is 11.5 Å². The lowest BCUT2D eigenvalue weighted by molar-refractivity contribution is 0.0955. The van der Waals surface area contributed by atoms with E-state index in [0.717, 1.165) is 5.56 Å². The summed E-state index contributed by atoms with van der Waals surface area (Å²) in [4.78, 5) is 36.9. The minimum absolute atomic E-state index is 0.0518. The van der Waals surface area contributed by atoms with Crippen LogP contribution in [0, 0.1) is 0 Å². The summed E-state index contributed by atoms with van der Waals surface area (Å²) < 4.78 is 1.42. The molecule has 0 unspecified atom stereocenters. The Morgan fingerprint density at radius 1 is 1.17 bits per heavy atom. The summed E-state index contributed by atoms with van der Waals surface area (Å²) in [6.45, 7) is 4.12. The first-order valence-electron chi connectivity index (χ1n) is 7.81. The molecule has 1 aromatic heterocycles. The van der Waals surface area contributed by atoms with E-state index in [4.69, 9.17) is 0 Å². The van der Waals surface area contributed by atoms with Crippen LogP contribution < -0.4 is 16.2 Å². The molecule has 2 amide bonds. The van der Waals surface area contributed by atoms with E-state index in [1.807, 2.05) is 37.3 Å². The van der Waals surface area contributed by atoms with Gasteiger partial charge in [0.05, 0.1) is 11.6 Å². The summed E-state index contributed by atoms with van der Waals surface area (Å²) >= 11 is 0. The van der Waals surface area contributed by atoms with Gasteiger partial charge in [0, 0.05) is 19.8 Å². The number of carbonyl (C=O) groups excluding carboxylic acids is 2. The SMILES string of the molecule is CCNC(=O)c1cc(C(=O)NC)c(=O)n([C@H](C)c2ccccc2)c1. The predicted molar refractivity (Wildman–Crippen MR) is 92.4 cm³/mol. The highest BCUT2D eigenvalue weighted by molar-refractivity contribution is 5.99. The van der Waals surface area contributed by atoms with Crippen LogP contribution in [0.15, 0.2) is 47.4 Å². The Hall–Kier alpha value is -2.89. The first-order valence-corrected chi connectivity index (χ1v) is 7.81. The van der Waals surface area contributed by atoms with Crippen molar-refractivity contribution in [1.29, 1.82) is 0 Å². The van der Waals surface area contributed by atoms with E-state index >= 15 is 0 Å². The Bertz CT molecular complexity index is 797. The molecule has 0 saturated carbocycles. The summed E-state index contributed by atoms with van der Waals surface area (Å²) in [6, 6.07) is 10.5. The maximum Gasteiger partial charge on any atom is 0.264 e. The normalized spacial score (nSPS) is 11.6. The second kappa shape index (κ2) is 7.59. The highest BCUT2D eigenvalue weighted by Crippen LogP contribution is 2.16. The van der Waals surface area contributed by atoms with Crippen molar-refractivity contribution >= 4 is 11.8 Å². The molecule has 2 aromatic rings. The third kappa shape index (κ3) is 3.53. The highest BCUT2D eigenvalue weighted by Gasteiger charge is 2.19. The van der Waals surface area contributed by atoms with Gasteiger partial charge in [-0.05, 0) is 25.5 Å². The van der Waals surface area contributed by atoms with E-state index in [-0.39, 0.29) is 23.1 Å². The van der Waals surface area contributed by atoms with Gasteiger partial charge in [-0.1, -0.05) is 30.3 Å². The van der Waals surface area contributed by atoms with E-state index in [2.05, 4.69) is 10.6 Å². The number of pyridine rings is 1. The van der Waals surface area contributed by atoms with Gasteiger partial charge >= 0.3 is 0 Å². The molecule has 0 aliphatic carbocycles. The molecule has 1 aromatic carbocycles. The number of hydrogen-bond donors (Lipinski definition) is 2. The van der Waals surface area contributed by atoms with Gasteiger partial charge in [0.15, 0.2) is 0 Å². The van der Waals surface area contributed by atoms with Crippen LogP contribution in [0.3, 0.4) is 0 Å². The van der Waals surface area contributed by atoms with Gasteiger partial charge in [-0.15, -0.1) is 0 Å². The predicted octanol–water partition coefficient (Wildman–Crippen LogP) is 1.57. The number of rotatable bonds is 5. The molecule has 24 heavy (non-hydrogen) atoms. The zero-order chi connectivity index (χ0) is 17.7. The summed E-state index contributed by atoms with van der Waals surface area (Å²) in [5, 5.41) is 5.13. The monoisotopic (exact) mass is 327 g/mol. The molecular formula is C18H21N3O3. The fourth-order valence-corrected chi connectivity index (χ4v) is 2.47. The molecule has 0 radical (unpaired) electrons. The van der Waals surface area contributed by atoms with Crippen LogP contribution in [0.25, 0.3) is 0 Å². The van der Waals surface area contributed by atoms with Crippen LogP contribution in [-0.2, 0) is 0 Å². The average Bonchev–Trinajstić information content (AvgIpc) is 2.61. The number of benzene rings is 1. The second-order valence-corrected chi connectivity index (χ2v) is 5.38. The van der Waals surface area contributed by atoms with Crippen molar-refractivity contribution in [3.8, 4) is 0 Å². The van der Waals surface area contributed by atoms with Crippen LogP contribution in [0.5, 0.6) is 0 Å².